The largest absolute Gasteiger partial charge is 0.344 e. The van der Waals surface area contributed by atoms with Gasteiger partial charge in [0.2, 0.25) is 0 Å². The van der Waals surface area contributed by atoms with E-state index in [1.165, 1.54) is 0 Å². The molecule has 0 aliphatic heterocycles. The molecule has 0 heterocycles. The number of hydrogen-bond acceptors (Lipinski definition) is 2. The lowest BCUT2D eigenvalue weighted by atomic mass is 10.2. The molecule has 0 spiro atoms. The molecule has 0 aliphatic carbocycles. The van der Waals surface area contributed by atoms with Crippen LogP contribution < -0.4 is 5.32 Å². The molecule has 120 valence electrons. The summed E-state index contributed by atoms with van der Waals surface area (Å²) in [5, 5.41) is 2.69. The quantitative estimate of drug-likeness (QED) is 0.863. The minimum Gasteiger partial charge on any atom is -0.344 e. The minimum absolute atomic E-state index is 0.0508. The lowest BCUT2D eigenvalue weighted by molar-refractivity contribution is -0.147. The maximum absolute atomic E-state index is 12.4. The number of nitrogens with one attached hydrogen (secondary N) is 1. The zero-order valence-electron chi connectivity index (χ0n) is 13.5. The highest BCUT2D eigenvalue weighted by molar-refractivity contribution is 6.35. The predicted molar refractivity (Wildman–Crippen MR) is 90.4 cm³/mol. The van der Waals surface area contributed by atoms with E-state index in [4.69, 9.17) is 0 Å². The molecule has 0 aromatic heterocycles. The van der Waals surface area contributed by atoms with Gasteiger partial charge in [-0.25, -0.2) is 0 Å². The van der Waals surface area contributed by atoms with E-state index in [1.54, 1.807) is 4.90 Å². The number of rotatable bonds is 5. The first kappa shape index (κ1) is 16.7. The molecular weight excluding hydrogens is 288 g/mol. The fraction of sp³-hybridized carbons (Fsp3) is 0.263. The van der Waals surface area contributed by atoms with E-state index in [9.17, 15) is 9.59 Å². The Kier molecular flexibility index (Phi) is 5.92. The van der Waals surface area contributed by atoms with E-state index >= 15 is 0 Å². The molecule has 4 heteroatoms. The number of amides is 2. The molecule has 2 rings (SSSR count). The Bertz CT molecular complexity index is 639. The van der Waals surface area contributed by atoms with Crippen LogP contribution >= 0.6 is 0 Å². The molecule has 2 aromatic rings. The van der Waals surface area contributed by atoms with Gasteiger partial charge in [-0.1, -0.05) is 60.7 Å². The van der Waals surface area contributed by atoms with E-state index in [0.717, 1.165) is 11.1 Å². The topological polar surface area (TPSA) is 49.4 Å². The van der Waals surface area contributed by atoms with Gasteiger partial charge in [0, 0.05) is 19.1 Å². The van der Waals surface area contributed by atoms with E-state index in [1.807, 2.05) is 74.5 Å². The van der Waals surface area contributed by atoms with Gasteiger partial charge in [-0.3, -0.25) is 9.59 Å². The maximum atomic E-state index is 12.4. The summed E-state index contributed by atoms with van der Waals surface area (Å²) in [6.07, 6.45) is 0. The highest BCUT2D eigenvalue weighted by Gasteiger charge is 2.23. The van der Waals surface area contributed by atoms with Crippen LogP contribution in [-0.2, 0) is 22.7 Å². The van der Waals surface area contributed by atoms with E-state index in [0.29, 0.717) is 13.1 Å². The SMILES string of the molecule is CC(C)N(Cc1ccccc1)C(=O)C(=O)NCc1ccccc1. The van der Waals surface area contributed by atoms with Gasteiger partial charge in [-0.2, -0.15) is 0 Å². The first-order valence-electron chi connectivity index (χ1n) is 7.74. The molecule has 0 bridgehead atoms. The first-order valence-corrected chi connectivity index (χ1v) is 7.74. The van der Waals surface area contributed by atoms with Crippen molar-refractivity contribution >= 4 is 11.8 Å². The van der Waals surface area contributed by atoms with Crippen LogP contribution in [0.3, 0.4) is 0 Å². The van der Waals surface area contributed by atoms with Crippen molar-refractivity contribution in [3.63, 3.8) is 0 Å². The standard InChI is InChI=1S/C19H22N2O2/c1-15(2)21(14-17-11-7-4-8-12-17)19(23)18(22)20-13-16-9-5-3-6-10-16/h3-12,15H,13-14H2,1-2H3,(H,20,22). The van der Waals surface area contributed by atoms with Crippen molar-refractivity contribution in [2.75, 3.05) is 0 Å². The summed E-state index contributed by atoms with van der Waals surface area (Å²) in [5.41, 5.74) is 1.97. The Balaban J connectivity index is 1.98. The maximum Gasteiger partial charge on any atom is 0.312 e. The zero-order valence-corrected chi connectivity index (χ0v) is 13.5. The normalized spacial score (nSPS) is 10.4. The van der Waals surface area contributed by atoms with Crippen LogP contribution in [0.1, 0.15) is 25.0 Å². The Morgan fingerprint density at radius 1 is 0.913 bits per heavy atom. The van der Waals surface area contributed by atoms with Gasteiger partial charge in [0.05, 0.1) is 0 Å². The van der Waals surface area contributed by atoms with Crippen molar-refractivity contribution in [2.24, 2.45) is 0 Å². The van der Waals surface area contributed by atoms with Gasteiger partial charge < -0.3 is 10.2 Å². The van der Waals surface area contributed by atoms with Crippen molar-refractivity contribution in [1.29, 1.82) is 0 Å². The molecule has 0 fully saturated rings. The van der Waals surface area contributed by atoms with E-state index < -0.39 is 11.8 Å². The minimum atomic E-state index is -0.571. The van der Waals surface area contributed by atoms with Crippen LogP contribution in [0.5, 0.6) is 0 Å². The van der Waals surface area contributed by atoms with Crippen molar-refractivity contribution in [2.45, 2.75) is 33.0 Å². The monoisotopic (exact) mass is 310 g/mol. The highest BCUT2D eigenvalue weighted by atomic mass is 16.2. The van der Waals surface area contributed by atoms with Crippen LogP contribution in [-0.4, -0.2) is 22.8 Å². The second-order valence-electron chi connectivity index (χ2n) is 5.68. The third kappa shape index (κ3) is 4.95. The van der Waals surface area contributed by atoms with Crippen molar-refractivity contribution in [1.82, 2.24) is 10.2 Å². The first-order chi connectivity index (χ1) is 11.1. The smallest absolute Gasteiger partial charge is 0.312 e. The lowest BCUT2D eigenvalue weighted by Crippen LogP contribution is -2.45. The third-order valence-electron chi connectivity index (χ3n) is 3.57. The molecule has 0 unspecified atom stereocenters. The van der Waals surface area contributed by atoms with Crippen molar-refractivity contribution < 1.29 is 9.59 Å². The Morgan fingerprint density at radius 2 is 1.43 bits per heavy atom. The van der Waals surface area contributed by atoms with Crippen LogP contribution in [0.15, 0.2) is 60.7 Å². The molecule has 2 aromatic carbocycles. The summed E-state index contributed by atoms with van der Waals surface area (Å²) >= 11 is 0. The van der Waals surface area contributed by atoms with Crippen molar-refractivity contribution in [3.8, 4) is 0 Å². The van der Waals surface area contributed by atoms with Crippen LogP contribution in [0, 0.1) is 0 Å². The molecular formula is C19H22N2O2. The molecule has 0 radical (unpaired) electrons. The molecule has 0 atom stereocenters. The Hall–Kier alpha value is -2.62. The van der Waals surface area contributed by atoms with Gasteiger partial charge in [0.1, 0.15) is 0 Å². The molecule has 0 saturated carbocycles. The number of carbonyl (C=O) groups is 2. The number of carbonyl (C=O) groups excluding carboxylic acids is 2. The van der Waals surface area contributed by atoms with Crippen LogP contribution in [0.2, 0.25) is 0 Å². The second kappa shape index (κ2) is 8.13. The van der Waals surface area contributed by atoms with Crippen LogP contribution in [0.25, 0.3) is 0 Å². The summed E-state index contributed by atoms with van der Waals surface area (Å²) in [7, 11) is 0. The average Bonchev–Trinajstić information content (AvgIpc) is 2.58. The predicted octanol–water partition coefficient (Wildman–Crippen LogP) is 2.74. The fourth-order valence-electron chi connectivity index (χ4n) is 2.25. The number of nitrogens with zero attached hydrogens (tertiary/aromatic N) is 1. The zero-order chi connectivity index (χ0) is 16.7. The molecule has 0 aliphatic rings. The van der Waals surface area contributed by atoms with Gasteiger partial charge in [0.15, 0.2) is 0 Å². The van der Waals surface area contributed by atoms with Crippen molar-refractivity contribution in [3.05, 3.63) is 71.8 Å². The van der Waals surface area contributed by atoms with Gasteiger partial charge in [-0.15, -0.1) is 0 Å². The molecule has 2 amide bonds. The molecule has 23 heavy (non-hydrogen) atoms. The Labute approximate surface area is 137 Å². The van der Waals surface area contributed by atoms with Crippen LogP contribution in [0.4, 0.5) is 0 Å². The van der Waals surface area contributed by atoms with E-state index in [-0.39, 0.29) is 6.04 Å². The average molecular weight is 310 g/mol. The summed E-state index contributed by atoms with van der Waals surface area (Å²) in [6.45, 7) is 4.59. The third-order valence-corrected chi connectivity index (χ3v) is 3.57. The number of hydrogen-bond donors (Lipinski definition) is 1. The summed E-state index contributed by atoms with van der Waals surface area (Å²) in [4.78, 5) is 26.2. The molecule has 0 saturated heterocycles. The Morgan fingerprint density at radius 3 is 1.96 bits per heavy atom. The van der Waals surface area contributed by atoms with Gasteiger partial charge in [-0.05, 0) is 25.0 Å². The summed E-state index contributed by atoms with van der Waals surface area (Å²) in [6, 6.07) is 19.2. The summed E-state index contributed by atoms with van der Waals surface area (Å²) < 4.78 is 0. The molecule has 4 nitrogen and oxygen atoms in total. The van der Waals surface area contributed by atoms with Gasteiger partial charge >= 0.3 is 11.8 Å². The lowest BCUT2D eigenvalue weighted by Gasteiger charge is -2.26. The number of benzene rings is 2. The summed E-state index contributed by atoms with van der Waals surface area (Å²) in [5.74, 6) is -1.07. The highest BCUT2D eigenvalue weighted by Crippen LogP contribution is 2.09. The molecule has 1 N–H and O–H groups in total. The second-order valence-corrected chi connectivity index (χ2v) is 5.68. The fourth-order valence-corrected chi connectivity index (χ4v) is 2.25. The van der Waals surface area contributed by atoms with E-state index in [2.05, 4.69) is 5.32 Å². The van der Waals surface area contributed by atoms with Gasteiger partial charge in [0.25, 0.3) is 0 Å².